The molecule has 19 heavy (non-hydrogen) atoms. The summed E-state index contributed by atoms with van der Waals surface area (Å²) in [6.07, 6.45) is 0.337. The van der Waals surface area contributed by atoms with E-state index in [1.807, 2.05) is 13.8 Å². The van der Waals surface area contributed by atoms with Crippen molar-refractivity contribution in [3.8, 4) is 0 Å². The molecule has 0 atom stereocenters. The largest absolute Gasteiger partial charge is 0.383 e. The average molecular weight is 324 g/mol. The van der Waals surface area contributed by atoms with Gasteiger partial charge in [-0.2, -0.15) is 0 Å². The van der Waals surface area contributed by atoms with Gasteiger partial charge in [-0.15, -0.1) is 0 Å². The zero-order chi connectivity index (χ0) is 14.0. The number of nitrogens with two attached hydrogens (primary N) is 1. The lowest BCUT2D eigenvalue weighted by Gasteiger charge is -2.11. The van der Waals surface area contributed by atoms with E-state index in [9.17, 15) is 4.39 Å². The van der Waals surface area contributed by atoms with Crippen LogP contribution in [0.15, 0.2) is 28.7 Å². The molecule has 0 fully saturated rings. The molecule has 0 amide bonds. The van der Waals surface area contributed by atoms with Gasteiger partial charge in [0.1, 0.15) is 17.5 Å². The van der Waals surface area contributed by atoms with Crippen molar-refractivity contribution >= 4 is 21.7 Å². The first kappa shape index (κ1) is 13.9. The molecule has 0 spiro atoms. The number of rotatable bonds is 3. The summed E-state index contributed by atoms with van der Waals surface area (Å²) in [7, 11) is 0. The highest BCUT2D eigenvalue weighted by atomic mass is 79.9. The van der Waals surface area contributed by atoms with Crippen LogP contribution in [0.5, 0.6) is 0 Å². The van der Waals surface area contributed by atoms with E-state index in [-0.39, 0.29) is 11.7 Å². The van der Waals surface area contributed by atoms with Crippen LogP contribution < -0.4 is 5.73 Å². The third kappa shape index (κ3) is 3.10. The lowest BCUT2D eigenvalue weighted by molar-refractivity contribution is 0.611. The molecule has 1 heterocycles. The molecule has 0 bridgehead atoms. The predicted molar refractivity (Wildman–Crippen MR) is 77.4 cm³/mol. The van der Waals surface area contributed by atoms with Crippen molar-refractivity contribution in [1.29, 1.82) is 0 Å². The fourth-order valence-corrected chi connectivity index (χ4v) is 2.44. The number of hydrogen-bond acceptors (Lipinski definition) is 3. The summed E-state index contributed by atoms with van der Waals surface area (Å²) < 4.78 is 14.3. The molecule has 2 N–H and O–H groups in total. The van der Waals surface area contributed by atoms with E-state index in [4.69, 9.17) is 5.73 Å². The molecule has 5 heteroatoms. The number of anilines is 1. The molecule has 2 rings (SSSR count). The maximum atomic E-state index is 13.6. The minimum absolute atomic E-state index is 0.221. The van der Waals surface area contributed by atoms with Gasteiger partial charge in [-0.05, 0) is 33.5 Å². The Bertz CT molecular complexity index is 599. The highest BCUT2D eigenvalue weighted by molar-refractivity contribution is 9.10. The molecule has 0 aliphatic rings. The quantitative estimate of drug-likeness (QED) is 0.937. The molecule has 2 aromatic rings. The lowest BCUT2D eigenvalue weighted by Crippen LogP contribution is -2.07. The SMILES string of the molecule is CC(C)c1nc(Cc2ccccc2F)nc(N)c1Br. The number of hydrogen-bond donors (Lipinski definition) is 1. The fraction of sp³-hybridized carbons (Fsp3) is 0.286. The third-order valence-electron chi connectivity index (χ3n) is 2.80. The minimum atomic E-state index is -0.251. The van der Waals surface area contributed by atoms with Crippen LogP contribution in [0, 0.1) is 5.82 Å². The van der Waals surface area contributed by atoms with Crippen molar-refractivity contribution in [2.24, 2.45) is 0 Å². The summed E-state index contributed by atoms with van der Waals surface area (Å²) >= 11 is 3.39. The van der Waals surface area contributed by atoms with E-state index in [1.54, 1.807) is 18.2 Å². The maximum absolute atomic E-state index is 13.6. The zero-order valence-corrected chi connectivity index (χ0v) is 12.4. The smallest absolute Gasteiger partial charge is 0.141 e. The van der Waals surface area contributed by atoms with Gasteiger partial charge in [0.15, 0.2) is 0 Å². The second kappa shape index (κ2) is 5.65. The molecule has 0 aliphatic carbocycles. The average Bonchev–Trinajstić information content (AvgIpc) is 2.36. The van der Waals surface area contributed by atoms with Crippen LogP contribution >= 0.6 is 15.9 Å². The molecule has 1 aromatic carbocycles. The molecule has 1 aromatic heterocycles. The molecule has 0 aliphatic heterocycles. The molecular weight excluding hydrogens is 309 g/mol. The van der Waals surface area contributed by atoms with Gasteiger partial charge in [-0.1, -0.05) is 32.0 Å². The Morgan fingerprint density at radius 3 is 2.58 bits per heavy atom. The van der Waals surface area contributed by atoms with Crippen LogP contribution in [0.4, 0.5) is 10.2 Å². The number of benzene rings is 1. The summed E-state index contributed by atoms with van der Waals surface area (Å²) in [6.45, 7) is 4.05. The van der Waals surface area contributed by atoms with E-state index in [2.05, 4.69) is 25.9 Å². The maximum Gasteiger partial charge on any atom is 0.141 e. The van der Waals surface area contributed by atoms with Crippen LogP contribution in [0.1, 0.15) is 36.8 Å². The number of nitrogens with zero attached hydrogens (tertiary/aromatic N) is 2. The molecular formula is C14H15BrFN3. The molecule has 0 unspecified atom stereocenters. The Kier molecular flexibility index (Phi) is 4.14. The fourth-order valence-electron chi connectivity index (χ4n) is 1.81. The van der Waals surface area contributed by atoms with Crippen molar-refractivity contribution < 1.29 is 4.39 Å². The van der Waals surface area contributed by atoms with Gasteiger partial charge in [0.25, 0.3) is 0 Å². The van der Waals surface area contributed by atoms with E-state index in [1.165, 1.54) is 6.07 Å². The first-order valence-electron chi connectivity index (χ1n) is 6.04. The Morgan fingerprint density at radius 1 is 1.26 bits per heavy atom. The van der Waals surface area contributed by atoms with Gasteiger partial charge in [-0.3, -0.25) is 0 Å². The van der Waals surface area contributed by atoms with Crippen molar-refractivity contribution in [3.63, 3.8) is 0 Å². The Hall–Kier alpha value is -1.49. The summed E-state index contributed by atoms with van der Waals surface area (Å²) in [6, 6.07) is 6.62. The Balaban J connectivity index is 2.39. The van der Waals surface area contributed by atoms with Crippen LogP contribution in [0.3, 0.4) is 0 Å². The predicted octanol–water partition coefficient (Wildman–Crippen LogP) is 3.67. The highest BCUT2D eigenvalue weighted by Gasteiger charge is 2.14. The van der Waals surface area contributed by atoms with E-state index in [0.717, 1.165) is 10.2 Å². The summed E-state index contributed by atoms with van der Waals surface area (Å²) in [5.41, 5.74) is 7.27. The summed E-state index contributed by atoms with van der Waals surface area (Å²) in [4.78, 5) is 8.67. The van der Waals surface area contributed by atoms with Gasteiger partial charge in [-0.25, -0.2) is 14.4 Å². The molecule has 0 radical (unpaired) electrons. The molecule has 3 nitrogen and oxygen atoms in total. The summed E-state index contributed by atoms with van der Waals surface area (Å²) in [5.74, 6) is 0.900. The third-order valence-corrected chi connectivity index (χ3v) is 3.61. The normalized spacial score (nSPS) is 11.0. The van der Waals surface area contributed by atoms with Gasteiger partial charge in [0, 0.05) is 6.42 Å². The van der Waals surface area contributed by atoms with Gasteiger partial charge in [0.05, 0.1) is 10.2 Å². The summed E-state index contributed by atoms with van der Waals surface area (Å²) in [5, 5.41) is 0. The van der Waals surface area contributed by atoms with Crippen molar-refractivity contribution in [2.45, 2.75) is 26.2 Å². The van der Waals surface area contributed by atoms with E-state index in [0.29, 0.717) is 23.6 Å². The Morgan fingerprint density at radius 2 is 1.95 bits per heavy atom. The van der Waals surface area contributed by atoms with E-state index < -0.39 is 0 Å². The minimum Gasteiger partial charge on any atom is -0.383 e. The first-order chi connectivity index (χ1) is 8.99. The van der Waals surface area contributed by atoms with Gasteiger partial charge < -0.3 is 5.73 Å². The van der Waals surface area contributed by atoms with Crippen molar-refractivity contribution in [1.82, 2.24) is 9.97 Å². The van der Waals surface area contributed by atoms with Crippen molar-refractivity contribution in [3.05, 3.63) is 51.6 Å². The Labute approximate surface area is 120 Å². The van der Waals surface area contributed by atoms with Gasteiger partial charge in [0.2, 0.25) is 0 Å². The number of aromatic nitrogens is 2. The molecule has 0 saturated carbocycles. The number of halogens is 2. The second-order valence-electron chi connectivity index (χ2n) is 4.65. The lowest BCUT2D eigenvalue weighted by atomic mass is 10.1. The topological polar surface area (TPSA) is 51.8 Å². The molecule has 0 saturated heterocycles. The monoisotopic (exact) mass is 323 g/mol. The van der Waals surface area contributed by atoms with Gasteiger partial charge >= 0.3 is 0 Å². The zero-order valence-electron chi connectivity index (χ0n) is 10.8. The van der Waals surface area contributed by atoms with Crippen LogP contribution in [0.2, 0.25) is 0 Å². The molecule has 100 valence electrons. The second-order valence-corrected chi connectivity index (χ2v) is 5.44. The van der Waals surface area contributed by atoms with Crippen LogP contribution in [-0.2, 0) is 6.42 Å². The standard InChI is InChI=1S/C14H15BrFN3/c1-8(2)13-12(15)14(17)19-11(18-13)7-9-5-3-4-6-10(9)16/h3-6,8H,7H2,1-2H3,(H2,17,18,19). The van der Waals surface area contributed by atoms with Crippen molar-refractivity contribution in [2.75, 3.05) is 5.73 Å². The number of nitrogen functional groups attached to an aromatic ring is 1. The van der Waals surface area contributed by atoms with E-state index >= 15 is 0 Å². The van der Waals surface area contributed by atoms with Crippen LogP contribution in [0.25, 0.3) is 0 Å². The van der Waals surface area contributed by atoms with Crippen LogP contribution in [-0.4, -0.2) is 9.97 Å². The highest BCUT2D eigenvalue weighted by Crippen LogP contribution is 2.27. The first-order valence-corrected chi connectivity index (χ1v) is 6.83.